The fourth-order valence-electron chi connectivity index (χ4n) is 1.36. The highest BCUT2D eigenvalue weighted by molar-refractivity contribution is 9.10. The Morgan fingerprint density at radius 3 is 3.07 bits per heavy atom. The zero-order chi connectivity index (χ0) is 10.8. The van der Waals surface area contributed by atoms with E-state index in [0.717, 1.165) is 10.0 Å². The fraction of sp³-hybridized carbons (Fsp3) is 0.300. The molecular weight excluding hydrogens is 264 g/mol. The first kappa shape index (κ1) is 10.3. The maximum absolute atomic E-state index is 11.1. The van der Waals surface area contributed by atoms with Gasteiger partial charge in [-0.1, -0.05) is 0 Å². The van der Waals surface area contributed by atoms with Gasteiger partial charge in [0.15, 0.2) is 11.5 Å². The summed E-state index contributed by atoms with van der Waals surface area (Å²) in [6, 6.07) is 3.61. The van der Waals surface area contributed by atoms with Crippen molar-refractivity contribution in [1.82, 2.24) is 0 Å². The molecule has 0 unspecified atom stereocenters. The van der Waals surface area contributed by atoms with Crippen molar-refractivity contribution in [1.29, 1.82) is 0 Å². The Morgan fingerprint density at radius 2 is 2.33 bits per heavy atom. The third kappa shape index (κ3) is 2.07. The second kappa shape index (κ2) is 4.10. The van der Waals surface area contributed by atoms with Crippen LogP contribution in [-0.2, 0) is 16.0 Å². The van der Waals surface area contributed by atoms with Gasteiger partial charge in [0.1, 0.15) is 0 Å². The lowest BCUT2D eigenvalue weighted by atomic mass is 10.1. The number of hydrogen-bond acceptors (Lipinski definition) is 4. The second-order valence-electron chi connectivity index (χ2n) is 3.06. The average molecular weight is 273 g/mol. The molecule has 0 bridgehead atoms. The van der Waals surface area contributed by atoms with Crippen molar-refractivity contribution in [2.75, 3.05) is 13.9 Å². The molecule has 0 saturated heterocycles. The van der Waals surface area contributed by atoms with Gasteiger partial charge in [-0.3, -0.25) is 4.79 Å². The Bertz CT molecular complexity index is 403. The van der Waals surface area contributed by atoms with Crippen LogP contribution in [0.3, 0.4) is 0 Å². The van der Waals surface area contributed by atoms with Gasteiger partial charge in [-0.25, -0.2) is 0 Å². The molecule has 2 rings (SSSR count). The highest BCUT2D eigenvalue weighted by Gasteiger charge is 2.18. The van der Waals surface area contributed by atoms with Crippen molar-refractivity contribution in [2.24, 2.45) is 0 Å². The van der Waals surface area contributed by atoms with Gasteiger partial charge in [-0.15, -0.1) is 0 Å². The number of hydrogen-bond donors (Lipinski definition) is 0. The Kier molecular flexibility index (Phi) is 2.81. The molecule has 0 amide bonds. The molecule has 1 aliphatic heterocycles. The molecular formula is C10H9BrO4. The van der Waals surface area contributed by atoms with Crippen molar-refractivity contribution in [3.05, 3.63) is 22.2 Å². The van der Waals surface area contributed by atoms with E-state index in [1.807, 2.05) is 6.07 Å². The summed E-state index contributed by atoms with van der Waals surface area (Å²) in [6.45, 7) is 0.218. The molecule has 1 aromatic rings. The molecule has 4 nitrogen and oxygen atoms in total. The molecule has 0 N–H and O–H groups in total. The van der Waals surface area contributed by atoms with Crippen molar-refractivity contribution in [2.45, 2.75) is 6.42 Å². The van der Waals surface area contributed by atoms with Gasteiger partial charge in [-0.05, 0) is 33.6 Å². The van der Waals surface area contributed by atoms with Crippen molar-refractivity contribution in [3.8, 4) is 11.5 Å². The number of methoxy groups -OCH3 is 1. The summed E-state index contributed by atoms with van der Waals surface area (Å²) in [5.41, 5.74) is 0.831. The maximum atomic E-state index is 11.1. The zero-order valence-electron chi connectivity index (χ0n) is 8.08. The molecule has 1 aromatic carbocycles. The summed E-state index contributed by atoms with van der Waals surface area (Å²) in [5.74, 6) is 1.06. The van der Waals surface area contributed by atoms with Gasteiger partial charge in [0, 0.05) is 0 Å². The Morgan fingerprint density at radius 1 is 1.53 bits per heavy atom. The van der Waals surface area contributed by atoms with Crippen LogP contribution in [0.15, 0.2) is 16.6 Å². The predicted octanol–water partition coefficient (Wildman–Crippen LogP) is 1.89. The number of ether oxygens (including phenoxy) is 3. The van der Waals surface area contributed by atoms with E-state index in [4.69, 9.17) is 9.47 Å². The standard InChI is InChI=1S/C10H9BrO4/c1-13-9(12)4-6-2-7(11)10-8(3-6)14-5-15-10/h2-3H,4-5H2,1H3. The fourth-order valence-corrected chi connectivity index (χ4v) is 1.97. The molecule has 0 aliphatic carbocycles. The van der Waals surface area contributed by atoms with Crippen LogP contribution in [0.25, 0.3) is 0 Å². The Labute approximate surface area is 95.3 Å². The number of halogens is 1. The number of rotatable bonds is 2. The zero-order valence-corrected chi connectivity index (χ0v) is 9.67. The first-order valence-corrected chi connectivity index (χ1v) is 5.15. The quantitative estimate of drug-likeness (QED) is 0.772. The van der Waals surface area contributed by atoms with E-state index in [1.54, 1.807) is 6.07 Å². The highest BCUT2D eigenvalue weighted by Crippen LogP contribution is 2.40. The van der Waals surface area contributed by atoms with Gasteiger partial charge < -0.3 is 14.2 Å². The van der Waals surface area contributed by atoms with Crippen molar-refractivity contribution in [3.63, 3.8) is 0 Å². The van der Waals surface area contributed by atoms with E-state index in [2.05, 4.69) is 20.7 Å². The number of carbonyl (C=O) groups is 1. The minimum absolute atomic E-state index is 0.218. The van der Waals surface area contributed by atoms with Crippen LogP contribution in [-0.4, -0.2) is 19.9 Å². The third-order valence-corrected chi connectivity index (χ3v) is 2.65. The van der Waals surface area contributed by atoms with Crippen LogP contribution >= 0.6 is 15.9 Å². The minimum atomic E-state index is -0.277. The summed E-state index contributed by atoms with van der Waals surface area (Å²) in [7, 11) is 1.37. The molecule has 5 heteroatoms. The average Bonchev–Trinajstić information content (AvgIpc) is 2.66. The molecule has 1 heterocycles. The van der Waals surface area contributed by atoms with Gasteiger partial charge in [0.25, 0.3) is 0 Å². The normalized spacial score (nSPS) is 12.7. The molecule has 0 atom stereocenters. The predicted molar refractivity (Wildman–Crippen MR) is 56.0 cm³/mol. The van der Waals surface area contributed by atoms with Crippen LogP contribution in [0.2, 0.25) is 0 Å². The van der Waals surface area contributed by atoms with Crippen LogP contribution < -0.4 is 9.47 Å². The van der Waals surface area contributed by atoms with Gasteiger partial charge in [-0.2, -0.15) is 0 Å². The summed E-state index contributed by atoms with van der Waals surface area (Å²) < 4.78 is 15.8. The van der Waals surface area contributed by atoms with E-state index in [0.29, 0.717) is 11.5 Å². The molecule has 0 fully saturated rings. The van der Waals surface area contributed by atoms with Gasteiger partial charge >= 0.3 is 5.97 Å². The maximum Gasteiger partial charge on any atom is 0.309 e. The monoisotopic (exact) mass is 272 g/mol. The molecule has 0 aromatic heterocycles. The van der Waals surface area contributed by atoms with Crippen molar-refractivity contribution >= 4 is 21.9 Å². The molecule has 15 heavy (non-hydrogen) atoms. The third-order valence-electron chi connectivity index (χ3n) is 2.06. The Hall–Kier alpha value is -1.23. The summed E-state index contributed by atoms with van der Waals surface area (Å²) >= 11 is 3.35. The highest BCUT2D eigenvalue weighted by atomic mass is 79.9. The van der Waals surface area contributed by atoms with E-state index in [-0.39, 0.29) is 19.2 Å². The van der Waals surface area contributed by atoms with Crippen LogP contribution in [0.1, 0.15) is 5.56 Å². The lowest BCUT2D eigenvalue weighted by Gasteiger charge is -2.04. The van der Waals surface area contributed by atoms with E-state index >= 15 is 0 Å². The first-order valence-electron chi connectivity index (χ1n) is 4.35. The minimum Gasteiger partial charge on any atom is -0.469 e. The van der Waals surface area contributed by atoms with E-state index in [1.165, 1.54) is 7.11 Å². The number of fused-ring (bicyclic) bond motifs is 1. The number of esters is 1. The van der Waals surface area contributed by atoms with Crippen LogP contribution in [0.4, 0.5) is 0 Å². The molecule has 80 valence electrons. The first-order chi connectivity index (χ1) is 7.20. The second-order valence-corrected chi connectivity index (χ2v) is 3.92. The smallest absolute Gasteiger partial charge is 0.309 e. The lowest BCUT2D eigenvalue weighted by Crippen LogP contribution is -2.04. The Balaban J connectivity index is 2.27. The van der Waals surface area contributed by atoms with Crippen LogP contribution in [0, 0.1) is 0 Å². The lowest BCUT2D eigenvalue weighted by molar-refractivity contribution is -0.139. The van der Waals surface area contributed by atoms with E-state index < -0.39 is 0 Å². The SMILES string of the molecule is COC(=O)Cc1cc(Br)c2c(c1)OCO2. The van der Waals surface area contributed by atoms with Crippen molar-refractivity contribution < 1.29 is 19.0 Å². The summed E-state index contributed by atoms with van der Waals surface area (Å²) in [4.78, 5) is 11.1. The molecule has 1 aliphatic rings. The number of carbonyl (C=O) groups excluding carboxylic acids is 1. The van der Waals surface area contributed by atoms with Crippen LogP contribution in [0.5, 0.6) is 11.5 Å². The topological polar surface area (TPSA) is 44.8 Å². The van der Waals surface area contributed by atoms with E-state index in [9.17, 15) is 4.79 Å². The van der Waals surface area contributed by atoms with Gasteiger partial charge in [0.2, 0.25) is 6.79 Å². The van der Waals surface area contributed by atoms with Gasteiger partial charge in [0.05, 0.1) is 18.0 Å². The summed E-state index contributed by atoms with van der Waals surface area (Å²) in [5, 5.41) is 0. The molecule has 0 radical (unpaired) electrons. The number of benzene rings is 1. The molecule has 0 saturated carbocycles. The summed E-state index contributed by atoms with van der Waals surface area (Å²) in [6.07, 6.45) is 0.228. The molecule has 0 spiro atoms. The largest absolute Gasteiger partial charge is 0.469 e.